The Kier molecular flexibility index (Phi) is 8.49. The third kappa shape index (κ3) is 6.10. The Labute approximate surface area is 166 Å². The van der Waals surface area contributed by atoms with E-state index in [0.29, 0.717) is 0 Å². The van der Waals surface area contributed by atoms with E-state index in [4.69, 9.17) is 10.5 Å². The highest BCUT2D eigenvalue weighted by atomic mass is 16.5. The van der Waals surface area contributed by atoms with Crippen LogP contribution in [0.25, 0.3) is 10.9 Å². The van der Waals surface area contributed by atoms with Crippen LogP contribution in [0, 0.1) is 0 Å². The smallest absolute Gasteiger partial charge is 0.121 e. The molecule has 3 rings (SSSR count). The summed E-state index contributed by atoms with van der Waals surface area (Å²) in [6.45, 7) is 0.768. The van der Waals surface area contributed by atoms with Crippen LogP contribution in [0.15, 0.2) is 78.1 Å². The molecule has 0 amide bonds. The number of para-hydroxylation sites is 1. The number of nitrogens with one attached hydrogen (secondary N) is 2. The van der Waals surface area contributed by atoms with Crippen molar-refractivity contribution in [1.29, 1.82) is 0 Å². The van der Waals surface area contributed by atoms with Crippen LogP contribution in [0.2, 0.25) is 0 Å². The van der Waals surface area contributed by atoms with Gasteiger partial charge in [-0.2, -0.15) is 0 Å². The molecule has 2 aromatic carbocycles. The van der Waals surface area contributed by atoms with E-state index in [1.807, 2.05) is 61.6 Å². The zero-order valence-corrected chi connectivity index (χ0v) is 16.5. The van der Waals surface area contributed by atoms with E-state index in [1.165, 1.54) is 6.20 Å². The molecule has 0 fully saturated rings. The molecule has 0 atom stereocenters. The van der Waals surface area contributed by atoms with Crippen molar-refractivity contribution >= 4 is 28.0 Å². The number of nitrogens with zero attached hydrogens (tertiary/aromatic N) is 2. The summed E-state index contributed by atoms with van der Waals surface area (Å²) < 4.78 is 5.22. The second-order valence-electron chi connectivity index (χ2n) is 5.84. The van der Waals surface area contributed by atoms with E-state index in [0.717, 1.165) is 40.3 Å². The zero-order chi connectivity index (χ0) is 20.2. The van der Waals surface area contributed by atoms with E-state index in [-0.39, 0.29) is 0 Å². The van der Waals surface area contributed by atoms with Crippen molar-refractivity contribution in [3.63, 3.8) is 0 Å². The van der Waals surface area contributed by atoms with Crippen molar-refractivity contribution in [2.45, 2.75) is 0 Å². The first-order chi connectivity index (χ1) is 13.7. The van der Waals surface area contributed by atoms with Gasteiger partial charge in [-0.15, -0.1) is 0 Å². The molecule has 146 valence electrons. The molecule has 6 nitrogen and oxygen atoms in total. The predicted octanol–water partition coefficient (Wildman–Crippen LogP) is 3.74. The molecule has 1 aromatic heterocycles. The first kappa shape index (κ1) is 20.9. The standard InChI is InChI=1S/C16H14N2O.C6H13N3/c1-19-13-7-8-14-15(9-10-17-16(14)11-13)18-12-5-3-2-4-6-12;1-8-5-6(9-2)3-4-7/h2-11H,1H3,(H,17,18);3-4,8H,5,7H2,1-2H3/b;4-3-,9-6?. The van der Waals surface area contributed by atoms with Crippen molar-refractivity contribution in [2.75, 3.05) is 33.1 Å². The van der Waals surface area contributed by atoms with E-state index < -0.39 is 0 Å². The fraction of sp³-hybridized carbons (Fsp3) is 0.182. The number of hydrogen-bond acceptors (Lipinski definition) is 6. The van der Waals surface area contributed by atoms with Crippen molar-refractivity contribution in [2.24, 2.45) is 10.7 Å². The molecule has 4 N–H and O–H groups in total. The monoisotopic (exact) mass is 377 g/mol. The Morgan fingerprint density at radius 3 is 2.61 bits per heavy atom. The van der Waals surface area contributed by atoms with Gasteiger partial charge in [0.05, 0.1) is 12.6 Å². The Hall–Kier alpha value is -3.38. The van der Waals surface area contributed by atoms with Gasteiger partial charge in [-0.1, -0.05) is 18.2 Å². The molecular formula is C22H27N5O. The number of methoxy groups -OCH3 is 1. The fourth-order valence-electron chi connectivity index (χ4n) is 2.55. The molecule has 0 saturated heterocycles. The van der Waals surface area contributed by atoms with Gasteiger partial charge in [-0.25, -0.2) is 0 Å². The lowest BCUT2D eigenvalue weighted by molar-refractivity contribution is 0.415. The number of fused-ring (bicyclic) bond motifs is 1. The van der Waals surface area contributed by atoms with Gasteiger partial charge < -0.3 is 21.1 Å². The molecule has 0 saturated carbocycles. The molecule has 28 heavy (non-hydrogen) atoms. The van der Waals surface area contributed by atoms with Gasteiger partial charge in [0.25, 0.3) is 0 Å². The normalized spacial score (nSPS) is 11.2. The maximum absolute atomic E-state index is 5.22. The second kappa shape index (κ2) is 11.4. The summed E-state index contributed by atoms with van der Waals surface area (Å²) in [7, 11) is 5.27. The van der Waals surface area contributed by atoms with Gasteiger partial charge in [0.2, 0.25) is 0 Å². The predicted molar refractivity (Wildman–Crippen MR) is 119 cm³/mol. The van der Waals surface area contributed by atoms with E-state index >= 15 is 0 Å². The quantitative estimate of drug-likeness (QED) is 0.570. The van der Waals surface area contributed by atoms with Crippen LogP contribution in [-0.4, -0.2) is 38.4 Å². The van der Waals surface area contributed by atoms with E-state index in [9.17, 15) is 0 Å². The van der Waals surface area contributed by atoms with E-state index in [1.54, 1.807) is 26.4 Å². The van der Waals surface area contributed by atoms with Gasteiger partial charge >= 0.3 is 0 Å². The van der Waals surface area contributed by atoms with Gasteiger partial charge in [0, 0.05) is 48.3 Å². The molecule has 3 aromatic rings. The topological polar surface area (TPSA) is 84.6 Å². The van der Waals surface area contributed by atoms with Gasteiger partial charge in [0.15, 0.2) is 0 Å². The molecule has 0 aliphatic heterocycles. The van der Waals surface area contributed by atoms with Crippen LogP contribution >= 0.6 is 0 Å². The molecule has 6 heteroatoms. The molecule has 0 bridgehead atoms. The highest BCUT2D eigenvalue weighted by molar-refractivity contribution is 5.96. The third-order valence-electron chi connectivity index (χ3n) is 3.94. The SMILES string of the molecule is CN=C(/C=C\N)CNC.COc1ccc2c(Nc3ccccc3)ccnc2c1. The second-order valence-corrected chi connectivity index (χ2v) is 5.84. The van der Waals surface area contributed by atoms with Crippen LogP contribution in [0.3, 0.4) is 0 Å². The van der Waals surface area contributed by atoms with Crippen molar-refractivity contribution in [3.8, 4) is 5.75 Å². The summed E-state index contributed by atoms with van der Waals surface area (Å²) in [5.41, 5.74) is 9.12. The summed E-state index contributed by atoms with van der Waals surface area (Å²) in [6.07, 6.45) is 5.06. The minimum absolute atomic E-state index is 0.768. The fourth-order valence-corrected chi connectivity index (χ4v) is 2.55. The molecule has 0 spiro atoms. The highest BCUT2D eigenvalue weighted by Crippen LogP contribution is 2.27. The first-order valence-corrected chi connectivity index (χ1v) is 8.95. The van der Waals surface area contributed by atoms with Crippen LogP contribution in [0.5, 0.6) is 5.75 Å². The summed E-state index contributed by atoms with van der Waals surface area (Å²) >= 11 is 0. The van der Waals surface area contributed by atoms with Gasteiger partial charge in [-0.05, 0) is 49.7 Å². The maximum Gasteiger partial charge on any atom is 0.121 e. The van der Waals surface area contributed by atoms with Crippen LogP contribution in [0.1, 0.15) is 0 Å². The Morgan fingerprint density at radius 1 is 1.18 bits per heavy atom. The number of aliphatic imine (C=N–C) groups is 1. The Balaban J connectivity index is 0.000000266. The number of anilines is 2. The average molecular weight is 377 g/mol. The number of aromatic nitrogens is 1. The lowest BCUT2D eigenvalue weighted by Crippen LogP contribution is -2.16. The number of nitrogens with two attached hydrogens (primary N) is 1. The largest absolute Gasteiger partial charge is 0.497 e. The summed E-state index contributed by atoms with van der Waals surface area (Å²) in [6, 6.07) is 18.0. The molecule has 0 aliphatic rings. The summed E-state index contributed by atoms with van der Waals surface area (Å²) in [4.78, 5) is 8.33. The van der Waals surface area contributed by atoms with Crippen molar-refractivity contribution in [3.05, 3.63) is 73.1 Å². The molecule has 1 heterocycles. The Morgan fingerprint density at radius 2 is 1.96 bits per heavy atom. The summed E-state index contributed by atoms with van der Waals surface area (Å²) in [5.74, 6) is 0.817. The third-order valence-corrected chi connectivity index (χ3v) is 3.94. The number of rotatable bonds is 6. The average Bonchev–Trinajstić information content (AvgIpc) is 2.74. The molecule has 0 radical (unpaired) electrons. The van der Waals surface area contributed by atoms with Crippen LogP contribution < -0.4 is 21.1 Å². The first-order valence-electron chi connectivity index (χ1n) is 8.95. The van der Waals surface area contributed by atoms with Crippen LogP contribution in [0.4, 0.5) is 11.4 Å². The molecular weight excluding hydrogens is 350 g/mol. The number of pyridine rings is 1. The lowest BCUT2D eigenvalue weighted by Gasteiger charge is -2.10. The Bertz CT molecular complexity index is 923. The zero-order valence-electron chi connectivity index (χ0n) is 16.5. The summed E-state index contributed by atoms with van der Waals surface area (Å²) in [5, 5.41) is 7.45. The minimum Gasteiger partial charge on any atom is -0.497 e. The van der Waals surface area contributed by atoms with Gasteiger partial charge in [-0.3, -0.25) is 9.98 Å². The van der Waals surface area contributed by atoms with Crippen molar-refractivity contribution < 1.29 is 4.74 Å². The van der Waals surface area contributed by atoms with Crippen LogP contribution in [-0.2, 0) is 0 Å². The lowest BCUT2D eigenvalue weighted by atomic mass is 10.1. The highest BCUT2D eigenvalue weighted by Gasteiger charge is 2.03. The minimum atomic E-state index is 0.768. The molecule has 0 aliphatic carbocycles. The van der Waals surface area contributed by atoms with E-state index in [2.05, 4.69) is 20.6 Å². The van der Waals surface area contributed by atoms with Gasteiger partial charge in [0.1, 0.15) is 5.75 Å². The molecule has 0 unspecified atom stereocenters. The van der Waals surface area contributed by atoms with Crippen molar-refractivity contribution in [1.82, 2.24) is 10.3 Å². The number of hydrogen-bond donors (Lipinski definition) is 3. The number of ether oxygens (including phenoxy) is 1. The number of benzene rings is 2. The maximum atomic E-state index is 5.22.